The van der Waals surface area contributed by atoms with Crippen molar-refractivity contribution in [2.75, 3.05) is 0 Å². The Hall–Kier alpha value is -1.57. The Morgan fingerprint density at radius 3 is 2.04 bits per heavy atom. The van der Waals surface area contributed by atoms with Crippen LogP contribution < -0.4 is 0 Å². The first-order valence-electron chi connectivity index (χ1n) is 9.20. The van der Waals surface area contributed by atoms with E-state index in [0.717, 1.165) is 0 Å². The monoisotopic (exact) mass is 316 g/mol. The fourth-order valence-electron chi connectivity index (χ4n) is 3.16. The van der Waals surface area contributed by atoms with E-state index >= 15 is 0 Å². The van der Waals surface area contributed by atoms with E-state index in [1.807, 2.05) is 47.7 Å². The maximum atomic E-state index is 4.17. The topological polar surface area (TPSA) is 28.7 Å². The van der Waals surface area contributed by atoms with Crippen molar-refractivity contribution in [2.45, 2.75) is 73.6 Å². The average molecular weight is 317 g/mol. The largest absolute Gasteiger partial charge is 0.348 e. The molecule has 1 heterocycles. The molecule has 3 rings (SSSR count). The predicted octanol–water partition coefficient (Wildman–Crippen LogP) is 6.55. The van der Waals surface area contributed by atoms with Crippen molar-refractivity contribution in [1.82, 2.24) is 9.97 Å². The molecule has 0 aliphatic heterocycles. The third-order valence-electron chi connectivity index (χ3n) is 4.48. The zero-order chi connectivity index (χ0) is 18.0. The van der Waals surface area contributed by atoms with E-state index in [1.165, 1.54) is 16.8 Å². The highest BCUT2D eigenvalue weighted by molar-refractivity contribution is 5.46. The molecule has 0 saturated carbocycles. The Bertz CT molecular complexity index is 527. The summed E-state index contributed by atoms with van der Waals surface area (Å²) in [5.41, 5.74) is 4.39. The molecule has 0 saturated heterocycles. The van der Waals surface area contributed by atoms with Crippen LogP contribution in [-0.4, -0.2) is 9.97 Å². The summed E-state index contributed by atoms with van der Waals surface area (Å²) in [5, 5.41) is 0. The molecule has 1 aliphatic rings. The lowest BCUT2D eigenvalue weighted by molar-refractivity contribution is 0.350. The van der Waals surface area contributed by atoms with Crippen molar-refractivity contribution in [1.29, 1.82) is 0 Å². The van der Waals surface area contributed by atoms with Crippen LogP contribution in [0.15, 0.2) is 36.8 Å². The Kier molecular flexibility index (Phi) is 9.55. The van der Waals surface area contributed by atoms with E-state index < -0.39 is 0 Å². The third-order valence-corrected chi connectivity index (χ3v) is 4.48. The fraction of sp³-hybridized carbons (Fsp3) is 0.571. The van der Waals surface area contributed by atoms with Crippen LogP contribution in [0.5, 0.6) is 0 Å². The second-order valence-corrected chi connectivity index (χ2v) is 5.58. The van der Waals surface area contributed by atoms with Gasteiger partial charge in [-0.15, -0.1) is 0 Å². The van der Waals surface area contributed by atoms with Gasteiger partial charge >= 0.3 is 0 Å². The molecule has 1 aromatic carbocycles. The van der Waals surface area contributed by atoms with Crippen molar-refractivity contribution in [2.24, 2.45) is 5.92 Å². The molecule has 1 N–H and O–H groups in total. The van der Waals surface area contributed by atoms with Gasteiger partial charge in [0, 0.05) is 17.8 Å². The molecule has 2 unspecified atom stereocenters. The molecule has 1 aliphatic carbocycles. The molecule has 2 atom stereocenters. The van der Waals surface area contributed by atoms with Gasteiger partial charge in [-0.1, -0.05) is 86.6 Å². The molecule has 0 amide bonds. The molecule has 0 bridgehead atoms. The van der Waals surface area contributed by atoms with Crippen molar-refractivity contribution in [3.63, 3.8) is 0 Å². The molecule has 1 aromatic heterocycles. The van der Waals surface area contributed by atoms with Crippen LogP contribution in [-0.2, 0) is 5.41 Å². The number of aromatic amines is 1. The lowest BCUT2D eigenvalue weighted by Crippen LogP contribution is -2.23. The highest BCUT2D eigenvalue weighted by atomic mass is 14.9. The summed E-state index contributed by atoms with van der Waals surface area (Å²) in [6.07, 6.45) is 3.73. The van der Waals surface area contributed by atoms with Gasteiger partial charge < -0.3 is 4.98 Å². The summed E-state index contributed by atoms with van der Waals surface area (Å²) < 4.78 is 0. The van der Waals surface area contributed by atoms with Gasteiger partial charge in [0.1, 0.15) is 0 Å². The van der Waals surface area contributed by atoms with E-state index in [2.05, 4.69) is 55.0 Å². The van der Waals surface area contributed by atoms with E-state index in [1.54, 1.807) is 6.33 Å². The van der Waals surface area contributed by atoms with Gasteiger partial charge in [0.25, 0.3) is 0 Å². The van der Waals surface area contributed by atoms with Crippen LogP contribution in [0.1, 0.15) is 85.1 Å². The maximum absolute atomic E-state index is 4.17. The molecule has 2 nitrogen and oxygen atoms in total. The van der Waals surface area contributed by atoms with Crippen LogP contribution >= 0.6 is 0 Å². The summed E-state index contributed by atoms with van der Waals surface area (Å²) in [6, 6.07) is 8.80. The Morgan fingerprint density at radius 1 is 0.957 bits per heavy atom. The zero-order valence-electron chi connectivity index (χ0n) is 16.6. The molecule has 0 spiro atoms. The van der Waals surface area contributed by atoms with E-state index in [4.69, 9.17) is 0 Å². The number of hydrogen-bond acceptors (Lipinski definition) is 1. The maximum Gasteiger partial charge on any atom is 0.0921 e. The molecule has 2 heteroatoms. The van der Waals surface area contributed by atoms with Crippen LogP contribution in [0.3, 0.4) is 0 Å². The van der Waals surface area contributed by atoms with Crippen molar-refractivity contribution >= 4 is 0 Å². The first-order chi connectivity index (χ1) is 11.1. The second kappa shape index (κ2) is 10.3. The number of nitrogens with zero attached hydrogens (tertiary/aromatic N) is 1. The Balaban J connectivity index is 0.000000728. The molecular formula is C21H36N2. The lowest BCUT2D eigenvalue weighted by atomic mass is 9.76. The first-order valence-corrected chi connectivity index (χ1v) is 9.20. The third kappa shape index (κ3) is 4.25. The number of H-pyrrole nitrogens is 1. The van der Waals surface area contributed by atoms with Crippen molar-refractivity contribution < 1.29 is 0 Å². The van der Waals surface area contributed by atoms with Gasteiger partial charge in [0.2, 0.25) is 0 Å². The quantitative estimate of drug-likeness (QED) is 0.635. The molecular weight excluding hydrogens is 280 g/mol. The van der Waals surface area contributed by atoms with E-state index in [9.17, 15) is 0 Å². The molecule has 2 aromatic rings. The van der Waals surface area contributed by atoms with Crippen LogP contribution in [0.25, 0.3) is 0 Å². The minimum atomic E-state index is 0.229. The molecule has 23 heavy (non-hydrogen) atoms. The highest BCUT2D eigenvalue weighted by Crippen LogP contribution is 2.52. The number of hydrogen-bond donors (Lipinski definition) is 1. The molecule has 0 fully saturated rings. The normalized spacial score (nSPS) is 19.9. The van der Waals surface area contributed by atoms with E-state index in [0.29, 0.717) is 11.8 Å². The number of fused-ring (bicyclic) bond motifs is 1. The fourth-order valence-corrected chi connectivity index (χ4v) is 3.16. The van der Waals surface area contributed by atoms with Gasteiger partial charge in [-0.25, -0.2) is 4.98 Å². The van der Waals surface area contributed by atoms with Gasteiger partial charge in [-0.3, -0.25) is 0 Å². The number of benzene rings is 1. The van der Waals surface area contributed by atoms with Gasteiger partial charge in [0.15, 0.2) is 0 Å². The summed E-state index contributed by atoms with van der Waals surface area (Å²) in [4.78, 5) is 7.44. The summed E-state index contributed by atoms with van der Waals surface area (Å²) in [5.74, 6) is 1.03. The summed E-state index contributed by atoms with van der Waals surface area (Å²) >= 11 is 0. The average Bonchev–Trinajstić information content (AvgIpc) is 3.20. The standard InChI is InChI=1S/C15H18N2.3C2H6/c1-10-14(13-8-16-9-17-13)11-6-4-5-7-12(11)15(10,2)3;3*1-2/h4-10,14H,1-3H3,(H,16,17);3*1-2H3. The Labute approximate surface area is 143 Å². The molecule has 0 radical (unpaired) electrons. The first kappa shape index (κ1) is 21.4. The highest BCUT2D eigenvalue weighted by Gasteiger charge is 2.44. The van der Waals surface area contributed by atoms with Crippen LogP contribution in [0.4, 0.5) is 0 Å². The van der Waals surface area contributed by atoms with E-state index in [-0.39, 0.29) is 5.41 Å². The van der Waals surface area contributed by atoms with Gasteiger partial charge in [-0.2, -0.15) is 0 Å². The van der Waals surface area contributed by atoms with Gasteiger partial charge in [0.05, 0.1) is 6.33 Å². The summed E-state index contributed by atoms with van der Waals surface area (Å²) in [6.45, 7) is 19.0. The summed E-state index contributed by atoms with van der Waals surface area (Å²) in [7, 11) is 0. The van der Waals surface area contributed by atoms with Crippen molar-refractivity contribution in [3.8, 4) is 0 Å². The van der Waals surface area contributed by atoms with Crippen LogP contribution in [0, 0.1) is 5.92 Å². The molecule has 130 valence electrons. The number of rotatable bonds is 1. The minimum absolute atomic E-state index is 0.229. The van der Waals surface area contributed by atoms with Crippen LogP contribution in [0.2, 0.25) is 0 Å². The number of imidazole rings is 1. The Morgan fingerprint density at radius 2 is 1.52 bits per heavy atom. The second-order valence-electron chi connectivity index (χ2n) is 5.58. The lowest BCUT2D eigenvalue weighted by Gasteiger charge is -2.27. The van der Waals surface area contributed by atoms with Crippen molar-refractivity contribution in [3.05, 3.63) is 53.6 Å². The number of nitrogens with one attached hydrogen (secondary N) is 1. The number of aromatic nitrogens is 2. The van der Waals surface area contributed by atoms with Gasteiger partial charge in [-0.05, 0) is 22.5 Å². The smallest absolute Gasteiger partial charge is 0.0921 e. The SMILES string of the molecule is CC.CC.CC.CC1C(c2cnc[nH]2)c2ccccc2C1(C)C. The zero-order valence-corrected chi connectivity index (χ0v) is 16.6. The predicted molar refractivity (Wildman–Crippen MR) is 103 cm³/mol. The minimum Gasteiger partial charge on any atom is -0.348 e.